The lowest BCUT2D eigenvalue weighted by atomic mass is 10.2. The minimum Gasteiger partial charge on any atom is -0.297 e. The van der Waals surface area contributed by atoms with Gasteiger partial charge in [0.25, 0.3) is 5.91 Å². The molecule has 1 amide bonds. The fourth-order valence-corrected chi connectivity index (χ4v) is 2.21. The topological polar surface area (TPSA) is 54.9 Å². The Hall–Kier alpha value is -1.34. The number of halogens is 2. The summed E-state index contributed by atoms with van der Waals surface area (Å²) in [7, 11) is 0. The van der Waals surface area contributed by atoms with Gasteiger partial charge in [-0.3, -0.25) is 10.1 Å². The average Bonchev–Trinajstić information content (AvgIpc) is 2.68. The van der Waals surface area contributed by atoms with E-state index < -0.39 is 11.7 Å². The maximum atomic E-state index is 13.2. The minimum atomic E-state index is -0.480. The van der Waals surface area contributed by atoms with Crippen LogP contribution >= 0.6 is 27.5 Å². The van der Waals surface area contributed by atoms with E-state index in [4.69, 9.17) is 0 Å². The molecule has 0 aliphatic heterocycles. The number of nitrogens with zero attached hydrogens (tertiary/aromatic N) is 2. The molecule has 1 N–H and O–H groups in total. The van der Waals surface area contributed by atoms with E-state index in [9.17, 15) is 9.18 Å². The largest absolute Gasteiger partial charge is 0.297 e. The molecule has 0 unspecified atom stereocenters. The second kappa shape index (κ2) is 4.89. The highest BCUT2D eigenvalue weighted by atomic mass is 79.9. The highest BCUT2D eigenvalue weighted by Crippen LogP contribution is 2.21. The summed E-state index contributed by atoms with van der Waals surface area (Å²) in [5.41, 5.74) is 0.220. The lowest BCUT2D eigenvalue weighted by Crippen LogP contribution is -2.12. The molecule has 0 atom stereocenters. The summed E-state index contributed by atoms with van der Waals surface area (Å²) >= 11 is 4.11. The molecule has 0 radical (unpaired) electrons. The van der Waals surface area contributed by atoms with Gasteiger partial charge in [-0.15, -0.1) is 0 Å². The third-order valence-electron chi connectivity index (χ3n) is 1.94. The normalized spacial score (nSPS) is 10.3. The monoisotopic (exact) mass is 315 g/mol. The summed E-state index contributed by atoms with van der Waals surface area (Å²) < 4.78 is 17.3. The van der Waals surface area contributed by atoms with E-state index in [-0.39, 0.29) is 10.0 Å². The van der Waals surface area contributed by atoms with Crippen LogP contribution in [0.3, 0.4) is 0 Å². The van der Waals surface area contributed by atoms with E-state index in [0.717, 1.165) is 11.5 Å². The quantitative estimate of drug-likeness (QED) is 0.926. The van der Waals surface area contributed by atoms with Crippen LogP contribution in [0, 0.1) is 12.7 Å². The van der Waals surface area contributed by atoms with Crippen molar-refractivity contribution in [3.63, 3.8) is 0 Å². The molecule has 88 valence electrons. The molecule has 1 aromatic carbocycles. The number of rotatable bonds is 2. The first kappa shape index (κ1) is 12.1. The summed E-state index contributed by atoms with van der Waals surface area (Å²) in [6.07, 6.45) is 0. The molecule has 0 saturated carbocycles. The lowest BCUT2D eigenvalue weighted by molar-refractivity contribution is 0.102. The van der Waals surface area contributed by atoms with Crippen LogP contribution in [0.15, 0.2) is 22.7 Å². The SMILES string of the molecule is Cc1nsc(NC(=O)c2cccc(F)c2Br)n1. The second-order valence-corrected chi connectivity index (χ2v) is 4.75. The Labute approximate surface area is 109 Å². The van der Waals surface area contributed by atoms with Crippen LogP contribution in [0.4, 0.5) is 9.52 Å². The Kier molecular flexibility index (Phi) is 3.49. The predicted molar refractivity (Wildman–Crippen MR) is 66.7 cm³/mol. The van der Waals surface area contributed by atoms with Crippen molar-refractivity contribution in [2.75, 3.05) is 5.32 Å². The first-order valence-electron chi connectivity index (χ1n) is 4.63. The van der Waals surface area contributed by atoms with Crippen molar-refractivity contribution in [1.82, 2.24) is 9.36 Å². The van der Waals surface area contributed by atoms with Crippen molar-refractivity contribution in [3.8, 4) is 0 Å². The van der Waals surface area contributed by atoms with E-state index in [1.165, 1.54) is 18.2 Å². The van der Waals surface area contributed by atoms with Gasteiger partial charge >= 0.3 is 0 Å². The summed E-state index contributed by atoms with van der Waals surface area (Å²) in [5, 5.41) is 2.95. The van der Waals surface area contributed by atoms with E-state index in [1.807, 2.05) is 0 Å². The molecule has 0 bridgehead atoms. The third kappa shape index (κ3) is 2.67. The van der Waals surface area contributed by atoms with Crippen molar-refractivity contribution in [1.29, 1.82) is 0 Å². The summed E-state index contributed by atoms with van der Waals surface area (Å²) in [4.78, 5) is 15.8. The van der Waals surface area contributed by atoms with Crippen LogP contribution in [-0.4, -0.2) is 15.3 Å². The van der Waals surface area contributed by atoms with Gasteiger partial charge in [-0.1, -0.05) is 6.07 Å². The second-order valence-electron chi connectivity index (χ2n) is 3.20. The fourth-order valence-electron chi connectivity index (χ4n) is 1.19. The first-order valence-corrected chi connectivity index (χ1v) is 6.20. The van der Waals surface area contributed by atoms with E-state index in [1.54, 1.807) is 6.92 Å². The highest BCUT2D eigenvalue weighted by molar-refractivity contribution is 9.10. The molecule has 2 aromatic rings. The standard InChI is InChI=1S/C10H7BrFN3OS/c1-5-13-10(17-15-5)14-9(16)6-3-2-4-7(12)8(6)11/h2-4H,1H3,(H,13,14,15,16). The van der Waals surface area contributed by atoms with E-state index in [0.29, 0.717) is 11.0 Å². The molecule has 7 heteroatoms. The zero-order valence-corrected chi connectivity index (χ0v) is 11.1. The van der Waals surface area contributed by atoms with Gasteiger partial charge in [0.15, 0.2) is 0 Å². The Morgan fingerprint density at radius 2 is 2.29 bits per heavy atom. The van der Waals surface area contributed by atoms with Gasteiger partial charge in [0.2, 0.25) is 5.13 Å². The molecule has 0 spiro atoms. The molecular weight excluding hydrogens is 309 g/mol. The summed E-state index contributed by atoms with van der Waals surface area (Å²) in [6, 6.07) is 4.27. The Morgan fingerprint density at radius 3 is 2.94 bits per heavy atom. The van der Waals surface area contributed by atoms with Gasteiger partial charge in [0.05, 0.1) is 10.0 Å². The van der Waals surface area contributed by atoms with Crippen LogP contribution in [0.5, 0.6) is 0 Å². The number of amides is 1. The van der Waals surface area contributed by atoms with E-state index in [2.05, 4.69) is 30.6 Å². The zero-order chi connectivity index (χ0) is 12.4. The van der Waals surface area contributed by atoms with Crippen molar-refractivity contribution >= 4 is 38.5 Å². The predicted octanol–water partition coefficient (Wildman–Crippen LogP) is 3.00. The Bertz CT molecular complexity index is 572. The van der Waals surface area contributed by atoms with Gasteiger partial charge < -0.3 is 0 Å². The maximum Gasteiger partial charge on any atom is 0.258 e. The van der Waals surface area contributed by atoms with Crippen LogP contribution in [0.1, 0.15) is 16.2 Å². The number of carbonyl (C=O) groups excluding carboxylic acids is 1. The van der Waals surface area contributed by atoms with Gasteiger partial charge in [-0.25, -0.2) is 9.37 Å². The first-order chi connectivity index (χ1) is 8.08. The number of nitrogens with one attached hydrogen (secondary N) is 1. The van der Waals surface area contributed by atoms with Crippen molar-refractivity contribution in [3.05, 3.63) is 39.9 Å². The van der Waals surface area contributed by atoms with Gasteiger partial charge in [-0.05, 0) is 35.0 Å². The molecule has 0 aliphatic rings. The van der Waals surface area contributed by atoms with E-state index >= 15 is 0 Å². The van der Waals surface area contributed by atoms with Crippen LogP contribution in [0.25, 0.3) is 0 Å². The van der Waals surface area contributed by atoms with Crippen molar-refractivity contribution in [2.24, 2.45) is 0 Å². The summed E-state index contributed by atoms with van der Waals surface area (Å²) in [5.74, 6) is -0.317. The van der Waals surface area contributed by atoms with Crippen molar-refractivity contribution in [2.45, 2.75) is 6.92 Å². The molecule has 0 fully saturated rings. The fraction of sp³-hybridized carbons (Fsp3) is 0.100. The van der Waals surface area contributed by atoms with Gasteiger partial charge in [0, 0.05) is 11.5 Å². The molecule has 2 rings (SSSR count). The zero-order valence-electron chi connectivity index (χ0n) is 8.70. The number of carbonyl (C=O) groups is 1. The van der Waals surface area contributed by atoms with Crippen LogP contribution in [0.2, 0.25) is 0 Å². The molecule has 0 saturated heterocycles. The number of benzene rings is 1. The molecule has 17 heavy (non-hydrogen) atoms. The van der Waals surface area contributed by atoms with Crippen LogP contribution in [-0.2, 0) is 0 Å². The third-order valence-corrected chi connectivity index (χ3v) is 3.47. The number of aryl methyl sites for hydroxylation is 1. The Balaban J connectivity index is 2.23. The average molecular weight is 316 g/mol. The number of aromatic nitrogens is 2. The smallest absolute Gasteiger partial charge is 0.258 e. The molecule has 1 heterocycles. The molecular formula is C10H7BrFN3OS. The summed E-state index contributed by atoms with van der Waals surface area (Å²) in [6.45, 7) is 1.73. The lowest BCUT2D eigenvalue weighted by Gasteiger charge is -2.04. The highest BCUT2D eigenvalue weighted by Gasteiger charge is 2.14. The molecule has 4 nitrogen and oxygen atoms in total. The minimum absolute atomic E-state index is 0.138. The molecule has 1 aromatic heterocycles. The Morgan fingerprint density at radius 1 is 1.53 bits per heavy atom. The number of hydrogen-bond donors (Lipinski definition) is 1. The number of anilines is 1. The van der Waals surface area contributed by atoms with Gasteiger partial charge in [-0.2, -0.15) is 4.37 Å². The molecule has 0 aliphatic carbocycles. The van der Waals surface area contributed by atoms with Crippen LogP contribution < -0.4 is 5.32 Å². The van der Waals surface area contributed by atoms with Crippen molar-refractivity contribution < 1.29 is 9.18 Å². The van der Waals surface area contributed by atoms with Gasteiger partial charge in [0.1, 0.15) is 11.6 Å². The maximum absolute atomic E-state index is 13.2. The number of hydrogen-bond acceptors (Lipinski definition) is 4.